The first-order chi connectivity index (χ1) is 7.86. The SMILES string of the molecule is CNC1COCC1CN1CC2CCCC2C1. The molecule has 2 saturated heterocycles. The van der Waals surface area contributed by atoms with E-state index in [0.717, 1.165) is 25.0 Å². The normalized spacial score (nSPS) is 44.1. The fraction of sp³-hybridized carbons (Fsp3) is 1.00. The summed E-state index contributed by atoms with van der Waals surface area (Å²) in [5.74, 6) is 2.76. The fourth-order valence-electron chi connectivity index (χ4n) is 3.91. The predicted molar refractivity (Wildman–Crippen MR) is 64.4 cm³/mol. The maximum atomic E-state index is 5.58. The van der Waals surface area contributed by atoms with Crippen LogP contribution in [-0.2, 0) is 4.74 Å². The van der Waals surface area contributed by atoms with Crippen molar-refractivity contribution in [1.82, 2.24) is 10.2 Å². The Bertz CT molecular complexity index is 234. The zero-order valence-electron chi connectivity index (χ0n) is 10.3. The van der Waals surface area contributed by atoms with E-state index < -0.39 is 0 Å². The van der Waals surface area contributed by atoms with E-state index in [2.05, 4.69) is 17.3 Å². The molecular formula is C13H24N2O. The molecule has 1 N–H and O–H groups in total. The third-order valence-corrected chi connectivity index (χ3v) is 4.86. The van der Waals surface area contributed by atoms with E-state index in [-0.39, 0.29) is 0 Å². The van der Waals surface area contributed by atoms with Gasteiger partial charge in [-0.2, -0.15) is 0 Å². The van der Waals surface area contributed by atoms with Gasteiger partial charge < -0.3 is 15.0 Å². The molecule has 92 valence electrons. The minimum atomic E-state index is 0.584. The van der Waals surface area contributed by atoms with Crippen molar-refractivity contribution in [2.24, 2.45) is 17.8 Å². The molecule has 3 nitrogen and oxygen atoms in total. The molecule has 0 aromatic rings. The number of ether oxygens (including phenoxy) is 1. The highest BCUT2D eigenvalue weighted by atomic mass is 16.5. The maximum Gasteiger partial charge on any atom is 0.0623 e. The number of likely N-dealkylation sites (N-methyl/N-ethyl adjacent to an activating group) is 1. The molecule has 1 saturated carbocycles. The number of hydrogen-bond donors (Lipinski definition) is 1. The molecule has 0 radical (unpaired) electrons. The van der Waals surface area contributed by atoms with Gasteiger partial charge in [0.1, 0.15) is 0 Å². The summed E-state index contributed by atoms with van der Waals surface area (Å²) >= 11 is 0. The second kappa shape index (κ2) is 4.63. The van der Waals surface area contributed by atoms with Crippen molar-refractivity contribution in [3.05, 3.63) is 0 Å². The molecule has 0 aromatic heterocycles. The molecule has 2 heterocycles. The van der Waals surface area contributed by atoms with Gasteiger partial charge in [-0.1, -0.05) is 6.42 Å². The minimum absolute atomic E-state index is 0.584. The number of hydrogen-bond acceptors (Lipinski definition) is 3. The molecule has 0 amide bonds. The number of nitrogens with one attached hydrogen (secondary N) is 1. The Kier molecular flexibility index (Phi) is 3.18. The van der Waals surface area contributed by atoms with E-state index in [1.54, 1.807) is 0 Å². The average molecular weight is 224 g/mol. The summed E-state index contributed by atoms with van der Waals surface area (Å²) in [6.45, 7) is 5.83. The minimum Gasteiger partial charge on any atom is -0.379 e. The van der Waals surface area contributed by atoms with Crippen LogP contribution in [0.4, 0.5) is 0 Å². The molecular weight excluding hydrogens is 200 g/mol. The topological polar surface area (TPSA) is 24.5 Å². The molecule has 0 spiro atoms. The molecule has 4 unspecified atom stereocenters. The Hall–Kier alpha value is -0.120. The lowest BCUT2D eigenvalue weighted by molar-refractivity contribution is 0.171. The largest absolute Gasteiger partial charge is 0.379 e. The summed E-state index contributed by atoms with van der Waals surface area (Å²) < 4.78 is 5.58. The zero-order valence-corrected chi connectivity index (χ0v) is 10.3. The van der Waals surface area contributed by atoms with Crippen molar-refractivity contribution in [3.8, 4) is 0 Å². The summed E-state index contributed by atoms with van der Waals surface area (Å²) in [5, 5.41) is 3.39. The van der Waals surface area contributed by atoms with Gasteiger partial charge in [-0.05, 0) is 31.7 Å². The third-order valence-electron chi connectivity index (χ3n) is 4.86. The van der Waals surface area contributed by atoms with Crippen LogP contribution in [0.5, 0.6) is 0 Å². The summed E-state index contributed by atoms with van der Waals surface area (Å²) in [4.78, 5) is 2.69. The molecule has 3 fully saturated rings. The van der Waals surface area contributed by atoms with Crippen LogP contribution in [0.25, 0.3) is 0 Å². The Morgan fingerprint density at radius 1 is 1.19 bits per heavy atom. The van der Waals surface area contributed by atoms with Gasteiger partial charge >= 0.3 is 0 Å². The van der Waals surface area contributed by atoms with Crippen molar-refractivity contribution in [2.45, 2.75) is 25.3 Å². The molecule has 4 atom stereocenters. The number of fused-ring (bicyclic) bond motifs is 1. The van der Waals surface area contributed by atoms with E-state index in [9.17, 15) is 0 Å². The number of likely N-dealkylation sites (tertiary alicyclic amines) is 1. The highest BCUT2D eigenvalue weighted by Crippen LogP contribution is 2.38. The predicted octanol–water partition coefficient (Wildman–Crippen LogP) is 0.953. The number of nitrogens with zero attached hydrogens (tertiary/aromatic N) is 1. The van der Waals surface area contributed by atoms with Crippen molar-refractivity contribution in [1.29, 1.82) is 0 Å². The Labute approximate surface area is 98.5 Å². The second-order valence-electron chi connectivity index (χ2n) is 5.86. The molecule has 2 aliphatic heterocycles. The first kappa shape index (κ1) is 11.0. The van der Waals surface area contributed by atoms with Gasteiger partial charge in [0.2, 0.25) is 0 Å². The molecule has 3 aliphatic rings. The lowest BCUT2D eigenvalue weighted by Gasteiger charge is -2.24. The summed E-state index contributed by atoms with van der Waals surface area (Å²) in [5.41, 5.74) is 0. The highest BCUT2D eigenvalue weighted by molar-refractivity contribution is 4.91. The van der Waals surface area contributed by atoms with Gasteiger partial charge in [0.15, 0.2) is 0 Å². The molecule has 0 aromatic carbocycles. The molecule has 1 aliphatic carbocycles. The zero-order chi connectivity index (χ0) is 11.0. The molecule has 3 heteroatoms. The van der Waals surface area contributed by atoms with Gasteiger partial charge in [0, 0.05) is 31.6 Å². The van der Waals surface area contributed by atoms with Crippen LogP contribution < -0.4 is 5.32 Å². The van der Waals surface area contributed by atoms with Crippen molar-refractivity contribution in [2.75, 3.05) is 39.9 Å². The van der Waals surface area contributed by atoms with Crippen LogP contribution in [0.3, 0.4) is 0 Å². The molecule has 0 bridgehead atoms. The van der Waals surface area contributed by atoms with E-state index in [1.165, 1.54) is 38.9 Å². The Morgan fingerprint density at radius 2 is 1.94 bits per heavy atom. The van der Waals surface area contributed by atoms with Gasteiger partial charge in [-0.15, -0.1) is 0 Å². The lowest BCUT2D eigenvalue weighted by Crippen LogP contribution is -2.39. The highest BCUT2D eigenvalue weighted by Gasteiger charge is 2.38. The van der Waals surface area contributed by atoms with Crippen molar-refractivity contribution < 1.29 is 4.74 Å². The van der Waals surface area contributed by atoms with Crippen molar-refractivity contribution >= 4 is 0 Å². The monoisotopic (exact) mass is 224 g/mol. The smallest absolute Gasteiger partial charge is 0.0623 e. The standard InChI is InChI=1S/C13H24N2O/c1-14-13-9-16-8-12(13)7-15-5-10-3-2-4-11(10)6-15/h10-14H,2-9H2,1H3. The Morgan fingerprint density at radius 3 is 2.62 bits per heavy atom. The quantitative estimate of drug-likeness (QED) is 0.772. The van der Waals surface area contributed by atoms with Crippen LogP contribution >= 0.6 is 0 Å². The van der Waals surface area contributed by atoms with Gasteiger partial charge in [0.25, 0.3) is 0 Å². The van der Waals surface area contributed by atoms with E-state index in [1.807, 2.05) is 0 Å². The first-order valence-corrected chi connectivity index (χ1v) is 6.84. The summed E-state index contributed by atoms with van der Waals surface area (Å²) in [6, 6.07) is 0.584. The Balaban J connectivity index is 1.52. The molecule has 3 rings (SSSR count). The van der Waals surface area contributed by atoms with Crippen LogP contribution in [0.2, 0.25) is 0 Å². The van der Waals surface area contributed by atoms with Gasteiger partial charge in [-0.3, -0.25) is 0 Å². The second-order valence-corrected chi connectivity index (χ2v) is 5.86. The fourth-order valence-corrected chi connectivity index (χ4v) is 3.91. The van der Waals surface area contributed by atoms with Crippen LogP contribution in [-0.4, -0.2) is 50.8 Å². The average Bonchev–Trinajstić information content (AvgIpc) is 2.92. The first-order valence-electron chi connectivity index (χ1n) is 6.84. The van der Waals surface area contributed by atoms with Gasteiger partial charge in [0.05, 0.1) is 13.2 Å². The van der Waals surface area contributed by atoms with Crippen molar-refractivity contribution in [3.63, 3.8) is 0 Å². The van der Waals surface area contributed by atoms with Crippen LogP contribution in [0, 0.1) is 17.8 Å². The number of rotatable bonds is 3. The molecule has 16 heavy (non-hydrogen) atoms. The van der Waals surface area contributed by atoms with E-state index in [4.69, 9.17) is 4.74 Å². The van der Waals surface area contributed by atoms with E-state index in [0.29, 0.717) is 12.0 Å². The summed E-state index contributed by atoms with van der Waals surface area (Å²) in [6.07, 6.45) is 4.45. The van der Waals surface area contributed by atoms with Crippen LogP contribution in [0.1, 0.15) is 19.3 Å². The summed E-state index contributed by atoms with van der Waals surface area (Å²) in [7, 11) is 2.06. The maximum absolute atomic E-state index is 5.58. The lowest BCUT2D eigenvalue weighted by atomic mass is 10.0. The van der Waals surface area contributed by atoms with Crippen LogP contribution in [0.15, 0.2) is 0 Å². The van der Waals surface area contributed by atoms with Gasteiger partial charge in [-0.25, -0.2) is 0 Å². The van der Waals surface area contributed by atoms with E-state index >= 15 is 0 Å². The third kappa shape index (κ3) is 2.01.